The lowest BCUT2D eigenvalue weighted by atomic mass is 10.2. The summed E-state index contributed by atoms with van der Waals surface area (Å²) in [6.45, 7) is 3.95. The second-order valence-electron chi connectivity index (χ2n) is 3.48. The molecule has 2 nitrogen and oxygen atoms in total. The highest BCUT2D eigenvalue weighted by molar-refractivity contribution is 5.27. The molecule has 0 bridgehead atoms. The first kappa shape index (κ1) is 11.1. The average Bonchev–Trinajstić information content (AvgIpc) is 2.18. The molecule has 0 aromatic heterocycles. The van der Waals surface area contributed by atoms with Crippen molar-refractivity contribution < 1.29 is 4.74 Å². The third kappa shape index (κ3) is 4.28. The van der Waals surface area contributed by atoms with Crippen LogP contribution in [0.25, 0.3) is 0 Å². The third-order valence-corrected chi connectivity index (χ3v) is 2.08. The molecule has 0 atom stereocenters. The van der Waals surface area contributed by atoms with E-state index in [-0.39, 0.29) is 0 Å². The summed E-state index contributed by atoms with van der Waals surface area (Å²) in [5.41, 5.74) is 1.25. The van der Waals surface area contributed by atoms with E-state index < -0.39 is 0 Å². The number of nitrogens with one attached hydrogen (secondary N) is 1. The van der Waals surface area contributed by atoms with Crippen LogP contribution in [0, 0.1) is 6.92 Å². The van der Waals surface area contributed by atoms with E-state index in [0.29, 0.717) is 0 Å². The molecule has 0 aliphatic heterocycles. The van der Waals surface area contributed by atoms with Crippen molar-refractivity contribution in [1.29, 1.82) is 0 Å². The van der Waals surface area contributed by atoms with Gasteiger partial charge in [0.25, 0.3) is 0 Å². The minimum absolute atomic E-state index is 0.811. The molecule has 1 aromatic carbocycles. The Morgan fingerprint density at radius 3 is 2.86 bits per heavy atom. The molecule has 1 aromatic rings. The Morgan fingerprint density at radius 1 is 1.29 bits per heavy atom. The zero-order valence-corrected chi connectivity index (χ0v) is 9.05. The smallest absolute Gasteiger partial charge is 0.119 e. The van der Waals surface area contributed by atoms with Gasteiger partial charge in [-0.25, -0.2) is 0 Å². The Hall–Kier alpha value is -1.02. The van der Waals surface area contributed by atoms with Crippen LogP contribution >= 0.6 is 0 Å². The topological polar surface area (TPSA) is 21.3 Å². The Morgan fingerprint density at radius 2 is 2.14 bits per heavy atom. The van der Waals surface area contributed by atoms with E-state index in [4.69, 9.17) is 4.74 Å². The molecule has 0 amide bonds. The van der Waals surface area contributed by atoms with Crippen molar-refractivity contribution in [2.75, 3.05) is 20.2 Å². The Labute approximate surface area is 86.3 Å². The first-order valence-corrected chi connectivity index (χ1v) is 5.17. The SMILES string of the molecule is CNCCCCOc1cccc(C)c1. The van der Waals surface area contributed by atoms with Crippen molar-refractivity contribution in [2.45, 2.75) is 19.8 Å². The zero-order valence-electron chi connectivity index (χ0n) is 9.05. The number of aryl methyl sites for hydroxylation is 1. The van der Waals surface area contributed by atoms with Gasteiger partial charge in [-0.2, -0.15) is 0 Å². The van der Waals surface area contributed by atoms with Gasteiger partial charge in [-0.15, -0.1) is 0 Å². The standard InChI is InChI=1S/C12H19NO/c1-11-6-5-7-12(10-11)14-9-4-3-8-13-2/h5-7,10,13H,3-4,8-9H2,1-2H3. The molecule has 0 spiro atoms. The lowest BCUT2D eigenvalue weighted by Gasteiger charge is -2.06. The maximum Gasteiger partial charge on any atom is 0.119 e. The predicted octanol–water partition coefficient (Wildman–Crippen LogP) is 2.37. The second-order valence-corrected chi connectivity index (χ2v) is 3.48. The van der Waals surface area contributed by atoms with Gasteiger partial charge >= 0.3 is 0 Å². The van der Waals surface area contributed by atoms with Crippen molar-refractivity contribution in [3.8, 4) is 5.75 Å². The third-order valence-electron chi connectivity index (χ3n) is 2.08. The summed E-state index contributed by atoms with van der Waals surface area (Å²) in [5, 5.41) is 3.12. The molecule has 0 saturated carbocycles. The first-order chi connectivity index (χ1) is 6.83. The van der Waals surface area contributed by atoms with Gasteiger partial charge in [0.15, 0.2) is 0 Å². The molecule has 0 unspecified atom stereocenters. The van der Waals surface area contributed by atoms with Gasteiger partial charge in [-0.05, 0) is 51.1 Å². The molecular formula is C12H19NO. The second kappa shape index (κ2) is 6.44. The van der Waals surface area contributed by atoms with Gasteiger partial charge in [0.1, 0.15) is 5.75 Å². The fourth-order valence-corrected chi connectivity index (χ4v) is 1.30. The van der Waals surface area contributed by atoms with Crippen molar-refractivity contribution in [3.05, 3.63) is 29.8 Å². The summed E-state index contributed by atoms with van der Waals surface area (Å²) in [5.74, 6) is 0.981. The fraction of sp³-hybridized carbons (Fsp3) is 0.500. The number of hydrogen-bond donors (Lipinski definition) is 1. The molecular weight excluding hydrogens is 174 g/mol. The summed E-state index contributed by atoms with van der Waals surface area (Å²) in [7, 11) is 1.97. The average molecular weight is 193 g/mol. The minimum atomic E-state index is 0.811. The van der Waals surface area contributed by atoms with Crippen LogP contribution in [0.1, 0.15) is 18.4 Å². The molecule has 1 rings (SSSR count). The van der Waals surface area contributed by atoms with Gasteiger partial charge in [0.05, 0.1) is 6.61 Å². The van der Waals surface area contributed by atoms with Gasteiger partial charge in [0, 0.05) is 0 Å². The normalized spacial score (nSPS) is 10.1. The molecule has 78 valence electrons. The zero-order chi connectivity index (χ0) is 10.2. The summed E-state index contributed by atoms with van der Waals surface area (Å²) in [6.07, 6.45) is 2.27. The van der Waals surface area contributed by atoms with Gasteiger partial charge in [0.2, 0.25) is 0 Å². The van der Waals surface area contributed by atoms with E-state index in [1.165, 1.54) is 12.0 Å². The fourth-order valence-electron chi connectivity index (χ4n) is 1.30. The van der Waals surface area contributed by atoms with Crippen LogP contribution in [0.3, 0.4) is 0 Å². The maximum atomic E-state index is 5.61. The largest absolute Gasteiger partial charge is 0.494 e. The molecule has 0 heterocycles. The Kier molecular flexibility index (Phi) is 5.08. The first-order valence-electron chi connectivity index (χ1n) is 5.17. The van der Waals surface area contributed by atoms with E-state index in [1.54, 1.807) is 0 Å². The van der Waals surface area contributed by atoms with E-state index in [9.17, 15) is 0 Å². The van der Waals surface area contributed by atoms with Crippen LogP contribution in [-0.2, 0) is 0 Å². The van der Waals surface area contributed by atoms with Gasteiger partial charge < -0.3 is 10.1 Å². The number of ether oxygens (including phenoxy) is 1. The molecule has 0 radical (unpaired) electrons. The molecule has 0 saturated heterocycles. The van der Waals surface area contributed by atoms with Crippen molar-refractivity contribution in [2.24, 2.45) is 0 Å². The number of benzene rings is 1. The van der Waals surface area contributed by atoms with Crippen molar-refractivity contribution in [1.82, 2.24) is 5.32 Å². The summed E-state index contributed by atoms with van der Waals surface area (Å²) in [6, 6.07) is 8.18. The van der Waals surface area contributed by atoms with Crippen molar-refractivity contribution in [3.63, 3.8) is 0 Å². The number of unbranched alkanes of at least 4 members (excludes halogenated alkanes) is 1. The summed E-state index contributed by atoms with van der Waals surface area (Å²) >= 11 is 0. The lowest BCUT2D eigenvalue weighted by Crippen LogP contribution is -2.09. The highest BCUT2D eigenvalue weighted by atomic mass is 16.5. The molecule has 2 heteroatoms. The lowest BCUT2D eigenvalue weighted by molar-refractivity contribution is 0.306. The maximum absolute atomic E-state index is 5.61. The van der Waals surface area contributed by atoms with Crippen LogP contribution in [0.4, 0.5) is 0 Å². The van der Waals surface area contributed by atoms with E-state index in [1.807, 2.05) is 19.2 Å². The Bertz CT molecular complexity index is 260. The summed E-state index contributed by atoms with van der Waals surface area (Å²) < 4.78 is 5.61. The van der Waals surface area contributed by atoms with Crippen LogP contribution in [0.15, 0.2) is 24.3 Å². The molecule has 1 N–H and O–H groups in total. The van der Waals surface area contributed by atoms with Gasteiger partial charge in [-0.3, -0.25) is 0 Å². The van der Waals surface area contributed by atoms with Crippen LogP contribution in [-0.4, -0.2) is 20.2 Å². The van der Waals surface area contributed by atoms with E-state index >= 15 is 0 Å². The predicted molar refractivity (Wildman–Crippen MR) is 59.8 cm³/mol. The van der Waals surface area contributed by atoms with Gasteiger partial charge in [-0.1, -0.05) is 12.1 Å². The number of hydrogen-bond acceptors (Lipinski definition) is 2. The highest BCUT2D eigenvalue weighted by Crippen LogP contribution is 2.12. The van der Waals surface area contributed by atoms with Crippen LogP contribution < -0.4 is 10.1 Å². The molecule has 0 aliphatic rings. The van der Waals surface area contributed by atoms with Crippen molar-refractivity contribution >= 4 is 0 Å². The quantitative estimate of drug-likeness (QED) is 0.700. The highest BCUT2D eigenvalue weighted by Gasteiger charge is 1.93. The van der Waals surface area contributed by atoms with E-state index in [2.05, 4.69) is 24.4 Å². The van der Waals surface area contributed by atoms with Crippen LogP contribution in [0.5, 0.6) is 5.75 Å². The number of rotatable bonds is 6. The molecule has 14 heavy (non-hydrogen) atoms. The molecule has 0 fully saturated rings. The monoisotopic (exact) mass is 193 g/mol. The van der Waals surface area contributed by atoms with E-state index in [0.717, 1.165) is 25.3 Å². The summed E-state index contributed by atoms with van der Waals surface area (Å²) in [4.78, 5) is 0. The minimum Gasteiger partial charge on any atom is -0.494 e. The van der Waals surface area contributed by atoms with Crippen LogP contribution in [0.2, 0.25) is 0 Å². The Balaban J connectivity index is 2.18. The molecule has 0 aliphatic carbocycles.